The van der Waals surface area contributed by atoms with Crippen molar-refractivity contribution in [2.75, 3.05) is 37.6 Å². The zero-order chi connectivity index (χ0) is 19.7. The van der Waals surface area contributed by atoms with Gasteiger partial charge in [-0.2, -0.15) is 13.2 Å². The number of nitro groups is 1. The summed E-state index contributed by atoms with van der Waals surface area (Å²) < 4.78 is 39.7. The maximum Gasteiger partial charge on any atom is 0.423 e. The molecule has 2 saturated heterocycles. The smallest absolute Gasteiger partial charge is 0.371 e. The van der Waals surface area contributed by atoms with E-state index < -0.39 is 22.4 Å². The van der Waals surface area contributed by atoms with Gasteiger partial charge >= 0.3 is 6.18 Å². The minimum absolute atomic E-state index is 0.131. The molecule has 1 unspecified atom stereocenters. The molecule has 1 spiro atoms. The first-order valence-electron chi connectivity index (χ1n) is 9.57. The summed E-state index contributed by atoms with van der Waals surface area (Å²) in [6.07, 6.45) is 0.879. The minimum Gasteiger partial charge on any atom is -0.371 e. The van der Waals surface area contributed by atoms with Gasteiger partial charge in [-0.3, -0.25) is 10.1 Å². The van der Waals surface area contributed by atoms with Gasteiger partial charge in [0.1, 0.15) is 5.56 Å². The van der Waals surface area contributed by atoms with E-state index in [1.54, 1.807) is 0 Å². The number of hydrogen-bond acceptors (Lipinski definition) is 4. The van der Waals surface area contributed by atoms with Crippen molar-refractivity contribution < 1.29 is 18.1 Å². The third-order valence-corrected chi connectivity index (χ3v) is 5.88. The Morgan fingerprint density at radius 2 is 1.93 bits per heavy atom. The van der Waals surface area contributed by atoms with Crippen molar-refractivity contribution in [1.29, 1.82) is 0 Å². The fraction of sp³-hybridized carbons (Fsp3) is 0.684. The predicted octanol–water partition coefficient (Wildman–Crippen LogP) is 4.71. The summed E-state index contributed by atoms with van der Waals surface area (Å²) in [5.41, 5.74) is -1.50. The van der Waals surface area contributed by atoms with Gasteiger partial charge in [-0.05, 0) is 44.5 Å². The number of rotatable bonds is 6. The first-order chi connectivity index (χ1) is 12.7. The second-order valence-corrected chi connectivity index (χ2v) is 7.86. The lowest BCUT2D eigenvalue weighted by molar-refractivity contribution is -0.388. The highest BCUT2D eigenvalue weighted by atomic mass is 19.4. The number of unbranched alkanes of at least 4 members (excludes halogenated alkanes) is 2. The molecule has 1 aromatic carbocycles. The Morgan fingerprint density at radius 1 is 1.19 bits per heavy atom. The molecule has 1 atom stereocenters. The Bertz CT molecular complexity index is 695. The highest BCUT2D eigenvalue weighted by Gasteiger charge is 2.44. The van der Waals surface area contributed by atoms with Crippen LogP contribution in [-0.2, 0) is 6.18 Å². The average molecular weight is 385 g/mol. The molecule has 0 radical (unpaired) electrons. The van der Waals surface area contributed by atoms with Gasteiger partial charge in [-0.15, -0.1) is 0 Å². The fourth-order valence-electron chi connectivity index (χ4n) is 4.40. The Labute approximate surface area is 157 Å². The molecule has 2 heterocycles. The molecule has 0 aromatic heterocycles. The number of benzene rings is 1. The fourth-order valence-corrected chi connectivity index (χ4v) is 4.40. The third-order valence-electron chi connectivity index (χ3n) is 5.88. The molecule has 0 amide bonds. The SMILES string of the molecule is CCCCCN1CCC2(CCN(c3ccc([N+](=O)[O-])c(C(F)(F)F)c3)C2)C1. The maximum absolute atomic E-state index is 13.2. The van der Waals surface area contributed by atoms with Crippen molar-refractivity contribution >= 4 is 11.4 Å². The number of halogens is 3. The van der Waals surface area contributed by atoms with E-state index in [1.165, 1.54) is 25.3 Å². The van der Waals surface area contributed by atoms with Gasteiger partial charge in [-0.1, -0.05) is 19.8 Å². The molecule has 0 N–H and O–H groups in total. The quantitative estimate of drug-likeness (QED) is 0.404. The van der Waals surface area contributed by atoms with Crippen LogP contribution in [0, 0.1) is 15.5 Å². The summed E-state index contributed by atoms with van der Waals surface area (Å²) in [5, 5.41) is 10.9. The summed E-state index contributed by atoms with van der Waals surface area (Å²) in [4.78, 5) is 14.4. The molecule has 0 aliphatic carbocycles. The summed E-state index contributed by atoms with van der Waals surface area (Å²) in [6.45, 7) is 6.72. The Balaban J connectivity index is 1.71. The molecule has 8 heteroatoms. The average Bonchev–Trinajstić information content (AvgIpc) is 3.21. The molecule has 0 saturated carbocycles. The van der Waals surface area contributed by atoms with Crippen LogP contribution in [0.5, 0.6) is 0 Å². The molecule has 2 fully saturated rings. The summed E-state index contributed by atoms with van der Waals surface area (Å²) in [6, 6.07) is 3.36. The van der Waals surface area contributed by atoms with Crippen LogP contribution in [0.1, 0.15) is 44.6 Å². The minimum atomic E-state index is -4.74. The van der Waals surface area contributed by atoms with Gasteiger partial charge in [-0.25, -0.2) is 0 Å². The van der Waals surface area contributed by atoms with Crippen LogP contribution in [0.15, 0.2) is 18.2 Å². The van der Waals surface area contributed by atoms with E-state index in [2.05, 4.69) is 11.8 Å². The van der Waals surface area contributed by atoms with E-state index in [-0.39, 0.29) is 5.41 Å². The monoisotopic (exact) mass is 385 g/mol. The summed E-state index contributed by atoms with van der Waals surface area (Å²) in [7, 11) is 0. The molecule has 2 aliphatic heterocycles. The molecule has 5 nitrogen and oxygen atoms in total. The Hall–Kier alpha value is -1.83. The van der Waals surface area contributed by atoms with Crippen molar-refractivity contribution in [2.24, 2.45) is 5.41 Å². The van der Waals surface area contributed by atoms with Crippen molar-refractivity contribution in [2.45, 2.75) is 45.2 Å². The lowest BCUT2D eigenvalue weighted by Gasteiger charge is -2.26. The van der Waals surface area contributed by atoms with Gasteiger partial charge in [0.2, 0.25) is 0 Å². The summed E-state index contributed by atoms with van der Waals surface area (Å²) >= 11 is 0. The van der Waals surface area contributed by atoms with E-state index in [0.717, 1.165) is 44.6 Å². The van der Waals surface area contributed by atoms with Crippen LogP contribution in [-0.4, -0.2) is 42.5 Å². The molecular formula is C19H26F3N3O2. The topological polar surface area (TPSA) is 49.6 Å². The zero-order valence-electron chi connectivity index (χ0n) is 15.6. The third kappa shape index (κ3) is 4.36. The maximum atomic E-state index is 13.2. The van der Waals surface area contributed by atoms with E-state index >= 15 is 0 Å². The molecule has 1 aromatic rings. The molecule has 0 bridgehead atoms. The predicted molar refractivity (Wildman–Crippen MR) is 97.9 cm³/mol. The van der Waals surface area contributed by atoms with Crippen molar-refractivity contribution in [3.05, 3.63) is 33.9 Å². The largest absolute Gasteiger partial charge is 0.423 e. The first-order valence-corrected chi connectivity index (χ1v) is 9.57. The standard InChI is InChI=1S/C19H26F3N3O2/c1-2-3-4-9-23-10-7-18(13-23)8-11-24(14-18)15-5-6-17(25(26)27)16(12-15)19(20,21)22/h5-6,12H,2-4,7-11,13-14H2,1H3. The second kappa shape index (κ2) is 7.66. The molecular weight excluding hydrogens is 359 g/mol. The molecule has 2 aliphatic rings. The van der Waals surface area contributed by atoms with Gasteiger partial charge in [0.25, 0.3) is 5.69 Å². The van der Waals surface area contributed by atoms with Crippen LogP contribution >= 0.6 is 0 Å². The van der Waals surface area contributed by atoms with E-state index in [1.807, 2.05) is 4.90 Å². The Morgan fingerprint density at radius 3 is 2.59 bits per heavy atom. The van der Waals surface area contributed by atoms with E-state index in [0.29, 0.717) is 18.8 Å². The van der Waals surface area contributed by atoms with Crippen LogP contribution in [0.4, 0.5) is 24.5 Å². The zero-order valence-corrected chi connectivity index (χ0v) is 15.6. The van der Waals surface area contributed by atoms with Crippen LogP contribution in [0.25, 0.3) is 0 Å². The molecule has 150 valence electrons. The van der Waals surface area contributed by atoms with Crippen molar-refractivity contribution in [3.8, 4) is 0 Å². The van der Waals surface area contributed by atoms with Gasteiger partial charge in [0.15, 0.2) is 0 Å². The first kappa shape index (κ1) is 19.9. The van der Waals surface area contributed by atoms with E-state index in [4.69, 9.17) is 0 Å². The molecule has 3 rings (SSSR count). The summed E-state index contributed by atoms with van der Waals surface area (Å²) in [5.74, 6) is 0. The highest BCUT2D eigenvalue weighted by molar-refractivity contribution is 5.57. The second-order valence-electron chi connectivity index (χ2n) is 7.86. The number of nitrogens with zero attached hydrogens (tertiary/aromatic N) is 3. The highest BCUT2D eigenvalue weighted by Crippen LogP contribution is 2.43. The van der Waals surface area contributed by atoms with Gasteiger partial charge in [0, 0.05) is 36.8 Å². The normalized spacial score (nSPS) is 23.5. The number of hydrogen-bond donors (Lipinski definition) is 0. The number of anilines is 1. The molecule has 27 heavy (non-hydrogen) atoms. The number of nitro benzene ring substituents is 1. The lowest BCUT2D eigenvalue weighted by atomic mass is 9.86. The van der Waals surface area contributed by atoms with Crippen molar-refractivity contribution in [3.63, 3.8) is 0 Å². The lowest BCUT2D eigenvalue weighted by Crippen LogP contribution is -2.31. The van der Waals surface area contributed by atoms with E-state index in [9.17, 15) is 23.3 Å². The van der Waals surface area contributed by atoms with Gasteiger partial charge in [0.05, 0.1) is 4.92 Å². The number of alkyl halides is 3. The van der Waals surface area contributed by atoms with Crippen LogP contribution in [0.2, 0.25) is 0 Å². The van der Waals surface area contributed by atoms with Crippen LogP contribution < -0.4 is 4.90 Å². The van der Waals surface area contributed by atoms with Crippen LogP contribution in [0.3, 0.4) is 0 Å². The van der Waals surface area contributed by atoms with Crippen molar-refractivity contribution in [1.82, 2.24) is 4.90 Å². The Kier molecular flexibility index (Phi) is 5.65. The van der Waals surface area contributed by atoms with Gasteiger partial charge < -0.3 is 9.80 Å². The number of likely N-dealkylation sites (tertiary alicyclic amines) is 1.